The molecule has 0 bridgehead atoms. The zero-order chi connectivity index (χ0) is 11.2. The third-order valence-electron chi connectivity index (χ3n) is 2.64. The number of rotatable bonds is 4. The van der Waals surface area contributed by atoms with Crippen LogP contribution in [0.2, 0.25) is 0 Å². The van der Waals surface area contributed by atoms with Crippen molar-refractivity contribution in [2.75, 3.05) is 48.7 Å². The van der Waals surface area contributed by atoms with Crippen LogP contribution in [-0.2, 0) is 0 Å². The fourth-order valence-corrected chi connectivity index (χ4v) is 2.72. The van der Waals surface area contributed by atoms with E-state index in [1.54, 1.807) is 6.20 Å². The van der Waals surface area contributed by atoms with Crippen molar-refractivity contribution in [3.05, 3.63) is 18.3 Å². The molecule has 1 fully saturated rings. The van der Waals surface area contributed by atoms with E-state index in [2.05, 4.69) is 15.2 Å². The van der Waals surface area contributed by atoms with Gasteiger partial charge in [-0.05, 0) is 6.07 Å². The van der Waals surface area contributed by atoms with Crippen molar-refractivity contribution in [1.29, 1.82) is 0 Å². The van der Waals surface area contributed by atoms with Crippen molar-refractivity contribution in [2.24, 2.45) is 0 Å². The van der Waals surface area contributed by atoms with E-state index >= 15 is 0 Å². The molecule has 0 aliphatic carbocycles. The molecule has 1 saturated heterocycles. The summed E-state index contributed by atoms with van der Waals surface area (Å²) in [5, 5.41) is 3.36. The van der Waals surface area contributed by atoms with Crippen molar-refractivity contribution in [3.8, 4) is 0 Å². The Hall–Kier alpha value is -0.940. The number of hydrogen-bond donors (Lipinski definition) is 2. The molecule has 16 heavy (non-hydrogen) atoms. The number of nitrogens with zero attached hydrogens (tertiary/aromatic N) is 2. The highest BCUT2D eigenvalue weighted by molar-refractivity contribution is 7.99. The van der Waals surface area contributed by atoms with Crippen molar-refractivity contribution in [2.45, 2.75) is 0 Å². The average molecular weight is 238 g/mol. The first-order chi connectivity index (χ1) is 7.84. The summed E-state index contributed by atoms with van der Waals surface area (Å²) in [5.74, 6) is 3.10. The van der Waals surface area contributed by atoms with Gasteiger partial charge in [-0.2, -0.15) is 11.8 Å². The molecular formula is C11H18N4S. The summed E-state index contributed by atoms with van der Waals surface area (Å²) in [7, 11) is 0. The van der Waals surface area contributed by atoms with Crippen LogP contribution in [0.4, 0.5) is 11.5 Å². The zero-order valence-corrected chi connectivity index (χ0v) is 10.2. The van der Waals surface area contributed by atoms with Gasteiger partial charge in [0.25, 0.3) is 0 Å². The van der Waals surface area contributed by atoms with Crippen LogP contribution in [0.5, 0.6) is 0 Å². The Labute approximate surface area is 101 Å². The molecule has 1 aromatic heterocycles. The zero-order valence-electron chi connectivity index (χ0n) is 9.35. The number of thioether (sulfide) groups is 1. The van der Waals surface area contributed by atoms with Crippen LogP contribution >= 0.6 is 11.8 Å². The van der Waals surface area contributed by atoms with Gasteiger partial charge in [0, 0.05) is 55.6 Å². The lowest BCUT2D eigenvalue weighted by Gasteiger charge is -2.26. The predicted molar refractivity (Wildman–Crippen MR) is 70.9 cm³/mol. The van der Waals surface area contributed by atoms with Crippen LogP contribution in [0.25, 0.3) is 0 Å². The van der Waals surface area contributed by atoms with E-state index in [9.17, 15) is 0 Å². The van der Waals surface area contributed by atoms with E-state index in [1.165, 1.54) is 24.6 Å². The second-order valence-electron chi connectivity index (χ2n) is 3.85. The molecule has 88 valence electrons. The van der Waals surface area contributed by atoms with Crippen molar-refractivity contribution in [3.63, 3.8) is 0 Å². The van der Waals surface area contributed by atoms with Gasteiger partial charge in [-0.15, -0.1) is 0 Å². The molecule has 5 heteroatoms. The third-order valence-corrected chi connectivity index (χ3v) is 3.58. The Balaban J connectivity index is 1.71. The molecule has 1 aliphatic rings. The smallest absolute Gasteiger partial charge is 0.125 e. The lowest BCUT2D eigenvalue weighted by Crippen LogP contribution is -2.36. The number of pyridine rings is 1. The summed E-state index contributed by atoms with van der Waals surface area (Å²) in [6.07, 6.45) is 1.73. The van der Waals surface area contributed by atoms with E-state index in [1.807, 2.05) is 23.9 Å². The van der Waals surface area contributed by atoms with Crippen molar-refractivity contribution >= 4 is 23.3 Å². The van der Waals surface area contributed by atoms with Gasteiger partial charge in [0.1, 0.15) is 5.82 Å². The summed E-state index contributed by atoms with van der Waals surface area (Å²) < 4.78 is 0. The molecule has 0 spiro atoms. The lowest BCUT2D eigenvalue weighted by atomic mass is 10.3. The Morgan fingerprint density at radius 1 is 1.44 bits per heavy atom. The second kappa shape index (κ2) is 5.96. The van der Waals surface area contributed by atoms with E-state index in [0.717, 1.165) is 18.8 Å². The fourth-order valence-electron chi connectivity index (χ4n) is 1.74. The number of nitrogen functional groups attached to an aromatic ring is 1. The average Bonchev–Trinajstić information content (AvgIpc) is 2.30. The maximum atomic E-state index is 5.61. The number of hydrogen-bond acceptors (Lipinski definition) is 5. The van der Waals surface area contributed by atoms with Crippen LogP contribution in [0, 0.1) is 0 Å². The minimum Gasteiger partial charge on any atom is -0.384 e. The Morgan fingerprint density at radius 2 is 2.25 bits per heavy atom. The van der Waals surface area contributed by atoms with Crippen LogP contribution in [-0.4, -0.2) is 47.6 Å². The minimum atomic E-state index is 0.569. The maximum Gasteiger partial charge on any atom is 0.125 e. The minimum absolute atomic E-state index is 0.569. The fraction of sp³-hybridized carbons (Fsp3) is 0.545. The first kappa shape index (κ1) is 11.5. The standard InChI is InChI=1S/C11H18N4S/c12-11-9-10(1-2-14-11)13-3-4-15-5-7-16-8-6-15/h1-2,9H,3-8H2,(H3,12,13,14). The van der Waals surface area contributed by atoms with Crippen molar-refractivity contribution < 1.29 is 0 Å². The number of nitrogens with two attached hydrogens (primary N) is 1. The van der Waals surface area contributed by atoms with Gasteiger partial charge in [-0.3, -0.25) is 4.90 Å². The normalized spacial score (nSPS) is 17.2. The monoisotopic (exact) mass is 238 g/mol. The molecule has 2 heterocycles. The summed E-state index contributed by atoms with van der Waals surface area (Å²) >= 11 is 2.04. The summed E-state index contributed by atoms with van der Waals surface area (Å²) in [4.78, 5) is 6.46. The number of nitrogens with one attached hydrogen (secondary N) is 1. The molecule has 0 unspecified atom stereocenters. The molecule has 2 rings (SSSR count). The molecule has 0 saturated carbocycles. The topological polar surface area (TPSA) is 54.2 Å². The van der Waals surface area contributed by atoms with Gasteiger partial charge in [0.15, 0.2) is 0 Å². The Kier molecular flexibility index (Phi) is 4.30. The summed E-state index contributed by atoms with van der Waals surface area (Å²) in [5.41, 5.74) is 6.66. The Morgan fingerprint density at radius 3 is 3.00 bits per heavy atom. The van der Waals surface area contributed by atoms with Gasteiger partial charge in [-0.25, -0.2) is 4.98 Å². The Bertz CT molecular complexity index is 326. The van der Waals surface area contributed by atoms with Gasteiger partial charge in [-0.1, -0.05) is 0 Å². The second-order valence-corrected chi connectivity index (χ2v) is 5.07. The predicted octanol–water partition coefficient (Wildman–Crippen LogP) is 1.12. The highest BCUT2D eigenvalue weighted by Gasteiger charge is 2.08. The third kappa shape index (κ3) is 3.57. The SMILES string of the molecule is Nc1cc(NCCN2CCSCC2)ccn1. The maximum absolute atomic E-state index is 5.61. The van der Waals surface area contributed by atoms with Gasteiger partial charge in [0.2, 0.25) is 0 Å². The van der Waals surface area contributed by atoms with E-state index in [-0.39, 0.29) is 0 Å². The van der Waals surface area contributed by atoms with E-state index < -0.39 is 0 Å². The van der Waals surface area contributed by atoms with Crippen LogP contribution in [0.1, 0.15) is 0 Å². The molecular weight excluding hydrogens is 220 g/mol. The molecule has 1 aromatic rings. The van der Waals surface area contributed by atoms with Crippen molar-refractivity contribution in [1.82, 2.24) is 9.88 Å². The molecule has 0 aromatic carbocycles. The van der Waals surface area contributed by atoms with Crippen LogP contribution < -0.4 is 11.1 Å². The van der Waals surface area contributed by atoms with Gasteiger partial charge < -0.3 is 11.1 Å². The molecule has 1 aliphatic heterocycles. The first-order valence-corrected chi connectivity index (χ1v) is 6.75. The molecule has 3 N–H and O–H groups in total. The van der Waals surface area contributed by atoms with E-state index in [0.29, 0.717) is 5.82 Å². The first-order valence-electron chi connectivity index (χ1n) is 5.60. The molecule has 0 radical (unpaired) electrons. The van der Waals surface area contributed by atoms with E-state index in [4.69, 9.17) is 5.73 Å². The lowest BCUT2D eigenvalue weighted by molar-refractivity contribution is 0.314. The number of aromatic nitrogens is 1. The highest BCUT2D eigenvalue weighted by Crippen LogP contribution is 2.10. The van der Waals surface area contributed by atoms with Gasteiger partial charge in [0.05, 0.1) is 0 Å². The quantitative estimate of drug-likeness (QED) is 0.823. The largest absolute Gasteiger partial charge is 0.384 e. The van der Waals surface area contributed by atoms with Crippen LogP contribution in [0.15, 0.2) is 18.3 Å². The molecule has 0 amide bonds. The van der Waals surface area contributed by atoms with Gasteiger partial charge >= 0.3 is 0 Å². The molecule has 4 nitrogen and oxygen atoms in total. The molecule has 0 atom stereocenters. The number of anilines is 2. The summed E-state index contributed by atoms with van der Waals surface area (Å²) in [6.45, 7) is 4.49. The highest BCUT2D eigenvalue weighted by atomic mass is 32.2. The van der Waals surface area contributed by atoms with Crippen LogP contribution in [0.3, 0.4) is 0 Å². The summed E-state index contributed by atoms with van der Waals surface area (Å²) in [6, 6.07) is 3.81.